The summed E-state index contributed by atoms with van der Waals surface area (Å²) >= 11 is 0. The van der Waals surface area contributed by atoms with E-state index in [1.54, 1.807) is 0 Å². The van der Waals surface area contributed by atoms with Crippen molar-refractivity contribution in [1.82, 2.24) is 10.6 Å². The largest absolute Gasteiger partial charge is 0.380 e. The molecule has 0 radical (unpaired) electrons. The third-order valence-electron chi connectivity index (χ3n) is 3.26. The van der Waals surface area contributed by atoms with Crippen LogP contribution in [0.4, 0.5) is 0 Å². The predicted octanol–water partition coefficient (Wildman–Crippen LogP) is 2.69. The fourth-order valence-corrected chi connectivity index (χ4v) is 1.96. The maximum Gasteiger partial charge on any atom is 0.191 e. The maximum absolute atomic E-state index is 5.32. The highest BCUT2D eigenvalue weighted by Crippen LogP contribution is 2.15. The maximum atomic E-state index is 5.32. The molecule has 1 atom stereocenters. The van der Waals surface area contributed by atoms with Crippen LogP contribution in [-0.4, -0.2) is 38.8 Å². The quantitative estimate of drug-likeness (QED) is 0.440. The van der Waals surface area contributed by atoms with Crippen molar-refractivity contribution in [3.05, 3.63) is 35.4 Å². The normalized spacial score (nSPS) is 13.0. The molecule has 1 rings (SSSR count). The van der Waals surface area contributed by atoms with E-state index in [1.165, 1.54) is 11.1 Å². The molecule has 21 heavy (non-hydrogen) atoms. The van der Waals surface area contributed by atoms with Gasteiger partial charge in [-0.05, 0) is 26.3 Å². The molecule has 0 bridgehead atoms. The van der Waals surface area contributed by atoms with E-state index < -0.39 is 0 Å². The average Bonchev–Trinajstić information content (AvgIpc) is 2.49. The molecule has 0 saturated carbocycles. The molecule has 0 spiro atoms. The van der Waals surface area contributed by atoms with Gasteiger partial charge in [0.05, 0.1) is 6.61 Å². The van der Waals surface area contributed by atoms with Crippen LogP contribution in [0, 0.1) is 6.92 Å². The van der Waals surface area contributed by atoms with E-state index in [0.717, 1.165) is 32.2 Å². The first-order valence-corrected chi connectivity index (χ1v) is 7.83. The van der Waals surface area contributed by atoms with Gasteiger partial charge in [0.1, 0.15) is 0 Å². The number of rotatable bonds is 8. The summed E-state index contributed by atoms with van der Waals surface area (Å²) < 4.78 is 5.32. The average molecular weight is 291 g/mol. The van der Waals surface area contributed by atoms with Crippen molar-refractivity contribution in [2.75, 3.05) is 32.8 Å². The Morgan fingerprint density at radius 3 is 2.52 bits per heavy atom. The van der Waals surface area contributed by atoms with Crippen LogP contribution in [0.3, 0.4) is 0 Å². The van der Waals surface area contributed by atoms with Gasteiger partial charge in [-0.15, -0.1) is 0 Å². The first-order chi connectivity index (χ1) is 10.2. The summed E-state index contributed by atoms with van der Waals surface area (Å²) in [5.74, 6) is 1.27. The van der Waals surface area contributed by atoms with Crippen LogP contribution >= 0.6 is 0 Å². The number of benzene rings is 1. The van der Waals surface area contributed by atoms with Gasteiger partial charge >= 0.3 is 0 Å². The van der Waals surface area contributed by atoms with Crippen LogP contribution in [0.5, 0.6) is 0 Å². The van der Waals surface area contributed by atoms with Crippen molar-refractivity contribution >= 4 is 5.96 Å². The Balaban J connectivity index is 2.49. The minimum Gasteiger partial charge on any atom is -0.380 e. The number of aliphatic imine (C=N–C) groups is 1. The summed E-state index contributed by atoms with van der Waals surface area (Å²) in [6.07, 6.45) is 0. The molecule has 0 aliphatic carbocycles. The summed E-state index contributed by atoms with van der Waals surface area (Å²) in [7, 11) is 0. The Hall–Kier alpha value is -1.55. The van der Waals surface area contributed by atoms with Gasteiger partial charge < -0.3 is 15.4 Å². The lowest BCUT2D eigenvalue weighted by molar-refractivity contribution is 0.152. The lowest BCUT2D eigenvalue weighted by Gasteiger charge is -2.14. The van der Waals surface area contributed by atoms with E-state index in [1.807, 2.05) is 6.92 Å². The number of nitrogens with zero attached hydrogens (tertiary/aromatic N) is 1. The Bertz CT molecular complexity index is 415. The van der Waals surface area contributed by atoms with E-state index >= 15 is 0 Å². The molecule has 0 saturated heterocycles. The third kappa shape index (κ3) is 7.14. The summed E-state index contributed by atoms with van der Waals surface area (Å²) in [6, 6.07) is 8.68. The highest BCUT2D eigenvalue weighted by Gasteiger charge is 2.05. The van der Waals surface area contributed by atoms with Crippen LogP contribution in [-0.2, 0) is 4.74 Å². The minimum atomic E-state index is 0.410. The van der Waals surface area contributed by atoms with Crippen molar-refractivity contribution < 1.29 is 4.74 Å². The first-order valence-electron chi connectivity index (χ1n) is 7.83. The molecular weight excluding hydrogens is 262 g/mol. The van der Waals surface area contributed by atoms with E-state index in [9.17, 15) is 0 Å². The monoisotopic (exact) mass is 291 g/mol. The van der Waals surface area contributed by atoms with Crippen LogP contribution in [0.1, 0.15) is 37.8 Å². The minimum absolute atomic E-state index is 0.410. The number of ether oxygens (including phenoxy) is 1. The molecule has 0 aliphatic rings. The number of hydrogen-bond acceptors (Lipinski definition) is 2. The van der Waals surface area contributed by atoms with Gasteiger partial charge in [0, 0.05) is 32.2 Å². The molecule has 1 aromatic carbocycles. The zero-order valence-corrected chi connectivity index (χ0v) is 13.8. The van der Waals surface area contributed by atoms with Gasteiger partial charge in [-0.3, -0.25) is 4.99 Å². The molecule has 0 aliphatic heterocycles. The second kappa shape index (κ2) is 10.2. The number of nitrogens with one attached hydrogen (secondary N) is 2. The summed E-state index contributed by atoms with van der Waals surface area (Å²) in [6.45, 7) is 12.3. The standard InChI is InChI=1S/C17H29N3O/c1-5-18-17(19-11-12-21-6-2)20-13-15(4)16-9-7-14(3)8-10-16/h7-10,15H,5-6,11-13H2,1-4H3,(H2,18,19,20). The molecule has 0 fully saturated rings. The molecule has 118 valence electrons. The Morgan fingerprint density at radius 2 is 1.90 bits per heavy atom. The van der Waals surface area contributed by atoms with Crippen molar-refractivity contribution in [1.29, 1.82) is 0 Å². The van der Waals surface area contributed by atoms with Gasteiger partial charge in [0.15, 0.2) is 5.96 Å². The van der Waals surface area contributed by atoms with Crippen molar-refractivity contribution in [2.45, 2.75) is 33.6 Å². The summed E-state index contributed by atoms with van der Waals surface area (Å²) in [4.78, 5) is 4.65. The number of aryl methyl sites for hydroxylation is 1. The fourth-order valence-electron chi connectivity index (χ4n) is 1.96. The molecule has 0 amide bonds. The van der Waals surface area contributed by atoms with Gasteiger partial charge in [-0.2, -0.15) is 0 Å². The number of hydrogen-bond donors (Lipinski definition) is 2. The van der Waals surface area contributed by atoms with E-state index in [2.05, 4.69) is 60.7 Å². The molecule has 1 unspecified atom stereocenters. The smallest absolute Gasteiger partial charge is 0.191 e. The number of guanidine groups is 1. The Labute approximate surface area is 129 Å². The zero-order valence-electron chi connectivity index (χ0n) is 13.8. The van der Waals surface area contributed by atoms with Gasteiger partial charge in [0.25, 0.3) is 0 Å². The van der Waals surface area contributed by atoms with Crippen LogP contribution in [0.25, 0.3) is 0 Å². The van der Waals surface area contributed by atoms with Crippen molar-refractivity contribution in [3.8, 4) is 0 Å². The second-order valence-electron chi connectivity index (χ2n) is 5.16. The van der Waals surface area contributed by atoms with Crippen molar-refractivity contribution in [2.24, 2.45) is 4.99 Å². The summed E-state index contributed by atoms with van der Waals surface area (Å²) in [5.41, 5.74) is 2.62. The van der Waals surface area contributed by atoms with Crippen LogP contribution in [0.2, 0.25) is 0 Å². The SMILES string of the molecule is CCNC(=NCC(C)c1ccc(C)cc1)NCCOCC. The zero-order chi connectivity index (χ0) is 15.5. The van der Waals surface area contributed by atoms with E-state index in [4.69, 9.17) is 4.74 Å². The van der Waals surface area contributed by atoms with Gasteiger partial charge in [-0.25, -0.2) is 0 Å². The van der Waals surface area contributed by atoms with Crippen LogP contribution in [0.15, 0.2) is 29.3 Å². The fraction of sp³-hybridized carbons (Fsp3) is 0.588. The molecule has 4 heteroatoms. The van der Waals surface area contributed by atoms with E-state index in [0.29, 0.717) is 12.5 Å². The Morgan fingerprint density at radius 1 is 1.19 bits per heavy atom. The van der Waals surface area contributed by atoms with Crippen LogP contribution < -0.4 is 10.6 Å². The third-order valence-corrected chi connectivity index (χ3v) is 3.26. The molecule has 0 aromatic heterocycles. The lowest BCUT2D eigenvalue weighted by atomic mass is 10.0. The topological polar surface area (TPSA) is 45.7 Å². The van der Waals surface area contributed by atoms with Gasteiger partial charge in [0.2, 0.25) is 0 Å². The molecule has 0 heterocycles. The molecule has 4 nitrogen and oxygen atoms in total. The predicted molar refractivity (Wildman–Crippen MR) is 90.1 cm³/mol. The first kappa shape index (κ1) is 17.5. The Kier molecular flexibility index (Phi) is 8.51. The van der Waals surface area contributed by atoms with Crippen molar-refractivity contribution in [3.63, 3.8) is 0 Å². The van der Waals surface area contributed by atoms with Gasteiger partial charge in [-0.1, -0.05) is 36.8 Å². The van der Waals surface area contributed by atoms with E-state index in [-0.39, 0.29) is 0 Å². The lowest BCUT2D eigenvalue weighted by Crippen LogP contribution is -2.39. The highest BCUT2D eigenvalue weighted by molar-refractivity contribution is 5.79. The molecule has 1 aromatic rings. The highest BCUT2D eigenvalue weighted by atomic mass is 16.5. The molecular formula is C17H29N3O. The second-order valence-corrected chi connectivity index (χ2v) is 5.16. The molecule has 2 N–H and O–H groups in total. The summed E-state index contributed by atoms with van der Waals surface area (Å²) in [5, 5.41) is 6.54.